The van der Waals surface area contributed by atoms with Gasteiger partial charge in [0.15, 0.2) is 0 Å². The largest absolute Gasteiger partial charge is 0.399 e. The molecule has 21 heavy (non-hydrogen) atoms. The number of nitrogens with two attached hydrogens (primary N) is 1. The summed E-state index contributed by atoms with van der Waals surface area (Å²) in [5.41, 5.74) is 6.20. The van der Waals surface area contributed by atoms with Crippen molar-refractivity contribution in [2.45, 2.75) is 43.4 Å². The van der Waals surface area contributed by atoms with Crippen molar-refractivity contribution in [3.63, 3.8) is 0 Å². The molecule has 1 aliphatic carbocycles. The SMILES string of the molecule is Nc1cc(Br)c(S(=O)(=O)NCCCC2CCCC2)c(Br)c1. The van der Waals surface area contributed by atoms with Crippen LogP contribution < -0.4 is 10.5 Å². The van der Waals surface area contributed by atoms with Crippen LogP contribution in [0.2, 0.25) is 0 Å². The highest BCUT2D eigenvalue weighted by atomic mass is 79.9. The van der Waals surface area contributed by atoms with Gasteiger partial charge >= 0.3 is 0 Å². The summed E-state index contributed by atoms with van der Waals surface area (Å²) in [4.78, 5) is 0.206. The van der Waals surface area contributed by atoms with Gasteiger partial charge in [0.05, 0.1) is 0 Å². The van der Waals surface area contributed by atoms with E-state index in [2.05, 4.69) is 36.6 Å². The average Bonchev–Trinajstić information content (AvgIpc) is 2.86. The van der Waals surface area contributed by atoms with E-state index in [0.29, 0.717) is 21.2 Å². The number of hydrogen-bond donors (Lipinski definition) is 2. The number of sulfonamides is 1. The molecule has 4 nitrogen and oxygen atoms in total. The Morgan fingerprint density at radius 1 is 1.19 bits per heavy atom. The number of nitrogen functional groups attached to an aromatic ring is 1. The van der Waals surface area contributed by atoms with Gasteiger partial charge in [-0.05, 0) is 62.8 Å². The van der Waals surface area contributed by atoms with Crippen molar-refractivity contribution in [2.75, 3.05) is 12.3 Å². The molecular formula is C14H20Br2N2O2S. The first kappa shape index (κ1) is 17.2. The number of halogens is 2. The second-order valence-electron chi connectivity index (χ2n) is 5.50. The van der Waals surface area contributed by atoms with E-state index in [4.69, 9.17) is 5.73 Å². The predicted molar refractivity (Wildman–Crippen MR) is 92.6 cm³/mol. The molecule has 2 rings (SSSR count). The normalized spacial score (nSPS) is 16.5. The Hall–Kier alpha value is -0.110. The Balaban J connectivity index is 1.95. The van der Waals surface area contributed by atoms with Gasteiger partial charge in [-0.2, -0.15) is 0 Å². The fourth-order valence-corrected chi connectivity index (χ4v) is 6.49. The van der Waals surface area contributed by atoms with Crippen molar-refractivity contribution < 1.29 is 8.42 Å². The topological polar surface area (TPSA) is 72.2 Å². The van der Waals surface area contributed by atoms with Crippen LogP contribution in [0.25, 0.3) is 0 Å². The third-order valence-electron chi connectivity index (χ3n) is 3.85. The van der Waals surface area contributed by atoms with Gasteiger partial charge in [0.25, 0.3) is 0 Å². The molecule has 0 radical (unpaired) electrons. The summed E-state index contributed by atoms with van der Waals surface area (Å²) in [6, 6.07) is 3.19. The molecule has 0 aliphatic heterocycles. The summed E-state index contributed by atoms with van der Waals surface area (Å²) < 4.78 is 28.4. The summed E-state index contributed by atoms with van der Waals surface area (Å²) in [7, 11) is -3.53. The van der Waals surface area contributed by atoms with Crippen molar-refractivity contribution >= 4 is 47.6 Å². The number of anilines is 1. The standard InChI is InChI=1S/C14H20Br2N2O2S/c15-12-8-11(17)9-13(16)14(12)21(19,20)18-7-3-6-10-4-1-2-5-10/h8-10,18H,1-7,17H2. The quantitative estimate of drug-likeness (QED) is 0.518. The Kier molecular flexibility index (Phi) is 6.11. The molecule has 0 heterocycles. The first-order valence-corrected chi connectivity index (χ1v) is 10.2. The molecule has 1 aliphatic rings. The summed E-state index contributed by atoms with van der Waals surface area (Å²) in [5, 5.41) is 0. The molecule has 0 unspecified atom stereocenters. The Labute approximate surface area is 143 Å². The molecule has 0 amide bonds. The lowest BCUT2D eigenvalue weighted by molar-refractivity contribution is 0.480. The smallest absolute Gasteiger partial charge is 0.242 e. The van der Waals surface area contributed by atoms with Crippen molar-refractivity contribution in [3.8, 4) is 0 Å². The molecule has 0 atom stereocenters. The van der Waals surface area contributed by atoms with Gasteiger partial charge in [-0.1, -0.05) is 25.7 Å². The second kappa shape index (κ2) is 7.44. The van der Waals surface area contributed by atoms with Gasteiger partial charge in [0, 0.05) is 21.2 Å². The molecule has 1 aromatic carbocycles. The van der Waals surface area contributed by atoms with Gasteiger partial charge in [0.1, 0.15) is 4.90 Å². The zero-order chi connectivity index (χ0) is 15.5. The fourth-order valence-electron chi connectivity index (χ4n) is 2.80. The summed E-state index contributed by atoms with van der Waals surface area (Å²) in [6.07, 6.45) is 7.22. The van der Waals surface area contributed by atoms with E-state index in [1.807, 2.05) is 0 Å². The Morgan fingerprint density at radius 3 is 2.33 bits per heavy atom. The number of rotatable bonds is 6. The van der Waals surface area contributed by atoms with Crippen LogP contribution in [0.3, 0.4) is 0 Å². The summed E-state index contributed by atoms with van der Waals surface area (Å²) in [6.45, 7) is 0.474. The van der Waals surface area contributed by atoms with Crippen LogP contribution >= 0.6 is 31.9 Å². The molecule has 0 bridgehead atoms. The van der Waals surface area contributed by atoms with Crippen molar-refractivity contribution in [1.82, 2.24) is 4.72 Å². The monoisotopic (exact) mass is 438 g/mol. The first-order chi connectivity index (χ1) is 9.90. The van der Waals surface area contributed by atoms with E-state index < -0.39 is 10.0 Å². The van der Waals surface area contributed by atoms with Crippen LogP contribution in [-0.2, 0) is 10.0 Å². The van der Waals surface area contributed by atoms with E-state index in [-0.39, 0.29) is 4.90 Å². The van der Waals surface area contributed by atoms with Crippen LogP contribution in [0, 0.1) is 5.92 Å². The van der Waals surface area contributed by atoms with Gasteiger partial charge in [0.2, 0.25) is 10.0 Å². The minimum Gasteiger partial charge on any atom is -0.399 e. The lowest BCUT2D eigenvalue weighted by atomic mass is 10.0. The fraction of sp³-hybridized carbons (Fsp3) is 0.571. The second-order valence-corrected chi connectivity index (χ2v) is 8.92. The third kappa shape index (κ3) is 4.68. The highest BCUT2D eigenvalue weighted by Crippen LogP contribution is 2.32. The summed E-state index contributed by atoms with van der Waals surface area (Å²) in [5.74, 6) is 0.782. The molecule has 0 aromatic heterocycles. The first-order valence-electron chi connectivity index (χ1n) is 7.14. The lowest BCUT2D eigenvalue weighted by Crippen LogP contribution is -2.26. The minimum absolute atomic E-state index is 0.206. The van der Waals surface area contributed by atoms with Crippen molar-refractivity contribution in [2.24, 2.45) is 5.92 Å². The van der Waals surface area contributed by atoms with Gasteiger partial charge < -0.3 is 5.73 Å². The predicted octanol–water partition coefficient (Wildman–Crippen LogP) is 4.04. The Morgan fingerprint density at radius 2 is 1.76 bits per heavy atom. The van der Waals surface area contributed by atoms with E-state index >= 15 is 0 Å². The highest BCUT2D eigenvalue weighted by Gasteiger charge is 2.21. The Bertz CT molecular complexity index is 576. The molecule has 0 saturated heterocycles. The zero-order valence-corrected chi connectivity index (χ0v) is 15.7. The molecule has 1 saturated carbocycles. The van der Waals surface area contributed by atoms with Crippen LogP contribution in [0.15, 0.2) is 26.0 Å². The van der Waals surface area contributed by atoms with Crippen LogP contribution in [0.1, 0.15) is 38.5 Å². The van der Waals surface area contributed by atoms with Crippen LogP contribution in [0.5, 0.6) is 0 Å². The molecule has 7 heteroatoms. The molecule has 0 spiro atoms. The average molecular weight is 440 g/mol. The molecule has 1 aromatic rings. The highest BCUT2D eigenvalue weighted by molar-refractivity contribution is 9.11. The minimum atomic E-state index is -3.53. The molecule has 1 fully saturated rings. The van der Waals surface area contributed by atoms with Crippen molar-refractivity contribution in [1.29, 1.82) is 0 Å². The maximum atomic E-state index is 12.4. The van der Waals surface area contributed by atoms with E-state index in [0.717, 1.165) is 18.8 Å². The van der Waals surface area contributed by atoms with E-state index in [1.54, 1.807) is 12.1 Å². The van der Waals surface area contributed by atoms with E-state index in [9.17, 15) is 8.42 Å². The summed E-state index contributed by atoms with van der Waals surface area (Å²) >= 11 is 6.53. The zero-order valence-electron chi connectivity index (χ0n) is 11.7. The maximum absolute atomic E-state index is 12.4. The van der Waals surface area contributed by atoms with Crippen LogP contribution in [-0.4, -0.2) is 15.0 Å². The molecule has 3 N–H and O–H groups in total. The van der Waals surface area contributed by atoms with Gasteiger partial charge in [-0.3, -0.25) is 0 Å². The molecule has 118 valence electrons. The molecular weight excluding hydrogens is 420 g/mol. The van der Waals surface area contributed by atoms with Gasteiger partial charge in [-0.25, -0.2) is 13.1 Å². The van der Waals surface area contributed by atoms with Crippen LogP contribution in [0.4, 0.5) is 5.69 Å². The number of benzene rings is 1. The number of nitrogens with one attached hydrogen (secondary N) is 1. The van der Waals surface area contributed by atoms with Gasteiger partial charge in [-0.15, -0.1) is 0 Å². The van der Waals surface area contributed by atoms with E-state index in [1.165, 1.54) is 25.7 Å². The van der Waals surface area contributed by atoms with Crippen molar-refractivity contribution in [3.05, 3.63) is 21.1 Å². The number of hydrogen-bond acceptors (Lipinski definition) is 3. The maximum Gasteiger partial charge on any atom is 0.242 e. The third-order valence-corrected chi connectivity index (χ3v) is 7.18. The lowest BCUT2D eigenvalue weighted by Gasteiger charge is -2.12.